The number of rotatable bonds is 7. The van der Waals surface area contributed by atoms with Crippen molar-refractivity contribution in [3.63, 3.8) is 0 Å². The summed E-state index contributed by atoms with van der Waals surface area (Å²) in [5.74, 6) is -0.895. The fraction of sp³-hybridized carbons (Fsp3) is 0.231. The fourth-order valence-corrected chi connectivity index (χ4v) is 5.07. The van der Waals surface area contributed by atoms with Crippen LogP contribution >= 0.6 is 23.2 Å². The molecular formula is C26H24Cl2N4O3. The molecule has 1 unspecified atom stereocenters. The molecule has 2 aromatic carbocycles. The predicted molar refractivity (Wildman–Crippen MR) is 140 cm³/mol. The molecule has 7 nitrogen and oxygen atoms in total. The second kappa shape index (κ2) is 9.17. The number of ether oxygens (including phenoxy) is 1. The smallest absolute Gasteiger partial charge is 0.259 e. The molecule has 1 atom stereocenters. The first-order valence-corrected chi connectivity index (χ1v) is 11.9. The van der Waals surface area contributed by atoms with Crippen molar-refractivity contribution in [1.29, 1.82) is 0 Å². The van der Waals surface area contributed by atoms with Crippen LogP contribution in [0.1, 0.15) is 11.1 Å². The lowest BCUT2D eigenvalue weighted by Crippen LogP contribution is -2.31. The van der Waals surface area contributed by atoms with Gasteiger partial charge in [0.05, 0.1) is 23.8 Å². The van der Waals surface area contributed by atoms with E-state index in [-0.39, 0.29) is 6.10 Å². The van der Waals surface area contributed by atoms with Crippen molar-refractivity contribution in [2.24, 2.45) is 0 Å². The summed E-state index contributed by atoms with van der Waals surface area (Å²) in [6.45, 7) is 1.29. The van der Waals surface area contributed by atoms with Crippen LogP contribution in [0.3, 0.4) is 0 Å². The van der Waals surface area contributed by atoms with Crippen LogP contribution < -0.4 is 5.32 Å². The lowest BCUT2D eigenvalue weighted by atomic mass is 9.95. The molecule has 9 heteroatoms. The summed E-state index contributed by atoms with van der Waals surface area (Å²) >= 11 is 12.6. The third-order valence-electron chi connectivity index (χ3n) is 6.26. The van der Waals surface area contributed by atoms with Gasteiger partial charge in [0.2, 0.25) is 0 Å². The van der Waals surface area contributed by atoms with Gasteiger partial charge in [-0.05, 0) is 50.5 Å². The molecule has 180 valence electrons. The number of aromatic amines is 1. The monoisotopic (exact) mass is 510 g/mol. The van der Waals surface area contributed by atoms with E-state index >= 15 is 0 Å². The van der Waals surface area contributed by atoms with Gasteiger partial charge in [-0.2, -0.15) is 0 Å². The highest BCUT2D eigenvalue weighted by molar-refractivity contribution is 6.51. The largest absolute Gasteiger partial charge is 0.378 e. The summed E-state index contributed by atoms with van der Waals surface area (Å²) in [6, 6.07) is 11.0. The van der Waals surface area contributed by atoms with Gasteiger partial charge in [-0.3, -0.25) is 14.9 Å². The average Bonchev–Trinajstić information content (AvgIpc) is 3.45. The number of nitrogens with zero attached hydrogens (tertiary/aromatic N) is 2. The number of amides is 2. The number of nitrogens with one attached hydrogen (secondary N) is 2. The molecule has 35 heavy (non-hydrogen) atoms. The molecule has 2 aromatic heterocycles. The summed E-state index contributed by atoms with van der Waals surface area (Å²) in [5.41, 5.74) is 3.58. The number of hydrogen-bond donors (Lipinski definition) is 2. The minimum Gasteiger partial charge on any atom is -0.378 e. The van der Waals surface area contributed by atoms with Gasteiger partial charge in [-0.15, -0.1) is 0 Å². The maximum Gasteiger partial charge on any atom is 0.259 e. The number of imide groups is 1. The number of aromatic nitrogens is 2. The van der Waals surface area contributed by atoms with Crippen LogP contribution in [0.15, 0.2) is 48.8 Å². The highest BCUT2D eigenvalue weighted by Crippen LogP contribution is 2.39. The molecule has 2 amide bonds. The topological polar surface area (TPSA) is 79.4 Å². The van der Waals surface area contributed by atoms with Crippen molar-refractivity contribution in [2.75, 3.05) is 27.7 Å². The Hall–Kier alpha value is -3.10. The Morgan fingerprint density at radius 2 is 1.63 bits per heavy atom. The number of carbonyl (C=O) groups excluding carboxylic acids is 2. The van der Waals surface area contributed by atoms with Crippen molar-refractivity contribution in [3.05, 3.63) is 70.0 Å². The molecule has 1 aliphatic heterocycles. The van der Waals surface area contributed by atoms with Gasteiger partial charge in [0.25, 0.3) is 11.8 Å². The third-order valence-corrected chi connectivity index (χ3v) is 6.73. The molecule has 0 saturated heterocycles. The van der Waals surface area contributed by atoms with Crippen LogP contribution in [0.4, 0.5) is 0 Å². The predicted octanol–water partition coefficient (Wildman–Crippen LogP) is 4.57. The summed E-state index contributed by atoms with van der Waals surface area (Å²) in [6.07, 6.45) is 3.56. The Morgan fingerprint density at radius 1 is 0.971 bits per heavy atom. The molecular weight excluding hydrogens is 487 g/mol. The van der Waals surface area contributed by atoms with E-state index < -0.39 is 11.8 Å². The molecule has 2 N–H and O–H groups in total. The zero-order valence-corrected chi connectivity index (χ0v) is 21.0. The molecule has 1 aliphatic rings. The Kier molecular flexibility index (Phi) is 6.19. The van der Waals surface area contributed by atoms with Crippen LogP contribution in [0.5, 0.6) is 0 Å². The normalized spacial score (nSPS) is 15.1. The van der Waals surface area contributed by atoms with Crippen molar-refractivity contribution in [1.82, 2.24) is 19.8 Å². The maximum absolute atomic E-state index is 13.2. The molecule has 0 bridgehead atoms. The first-order chi connectivity index (χ1) is 16.8. The Morgan fingerprint density at radius 3 is 2.31 bits per heavy atom. The van der Waals surface area contributed by atoms with Crippen LogP contribution in [-0.2, 0) is 20.9 Å². The van der Waals surface area contributed by atoms with E-state index in [9.17, 15) is 9.59 Å². The molecule has 0 aliphatic carbocycles. The van der Waals surface area contributed by atoms with E-state index in [1.54, 1.807) is 25.4 Å². The molecule has 5 rings (SSSR count). The standard InChI is InChI=1S/C26H24Cl2N4O3/c1-31(2)11-16(35-3)12-32-13-20(18-9-15(28)5-7-22(18)32)24-23(25(33)30-26(24)34)19-10-29-21-6-4-14(27)8-17(19)21/h4-10,13,16,29H,11-12H2,1-3H3,(H,30,33,34). The van der Waals surface area contributed by atoms with Crippen molar-refractivity contribution in [2.45, 2.75) is 12.6 Å². The van der Waals surface area contributed by atoms with Gasteiger partial charge in [0.15, 0.2) is 0 Å². The molecule has 0 spiro atoms. The highest BCUT2D eigenvalue weighted by Gasteiger charge is 2.35. The number of fused-ring (bicyclic) bond motifs is 2. The van der Waals surface area contributed by atoms with Gasteiger partial charge in [0, 0.05) is 69.0 Å². The van der Waals surface area contributed by atoms with Crippen LogP contribution in [-0.4, -0.2) is 60.1 Å². The quantitative estimate of drug-likeness (QED) is 0.357. The van der Waals surface area contributed by atoms with Crippen molar-refractivity contribution >= 4 is 68.0 Å². The number of methoxy groups -OCH3 is 1. The van der Waals surface area contributed by atoms with E-state index in [0.717, 1.165) is 28.4 Å². The molecule has 0 fully saturated rings. The highest BCUT2D eigenvalue weighted by atomic mass is 35.5. The number of H-pyrrole nitrogens is 1. The van der Waals surface area contributed by atoms with E-state index in [2.05, 4.69) is 15.2 Å². The van der Waals surface area contributed by atoms with Crippen molar-refractivity contribution in [3.8, 4) is 0 Å². The van der Waals surface area contributed by atoms with Gasteiger partial charge in [-0.1, -0.05) is 23.2 Å². The SMILES string of the molecule is COC(CN(C)C)Cn1cc(C2=C(c3c[nH]c4ccc(Cl)cc34)C(=O)NC2=O)c2cc(Cl)ccc21. The molecule has 4 aromatic rings. The third kappa shape index (κ3) is 4.25. The lowest BCUT2D eigenvalue weighted by Gasteiger charge is -2.20. The van der Waals surface area contributed by atoms with E-state index in [0.29, 0.717) is 38.9 Å². The fourth-order valence-electron chi connectivity index (χ4n) is 4.72. The molecule has 3 heterocycles. The number of likely N-dealkylation sites (N-methyl/N-ethyl adjacent to an activating group) is 1. The molecule has 0 saturated carbocycles. The minimum absolute atomic E-state index is 0.0765. The van der Waals surface area contributed by atoms with Gasteiger partial charge >= 0.3 is 0 Å². The second-order valence-electron chi connectivity index (χ2n) is 8.90. The number of hydrogen-bond acceptors (Lipinski definition) is 4. The first kappa shape index (κ1) is 23.6. The summed E-state index contributed by atoms with van der Waals surface area (Å²) in [7, 11) is 5.66. The van der Waals surface area contributed by atoms with Crippen LogP contribution in [0.25, 0.3) is 33.0 Å². The van der Waals surface area contributed by atoms with Gasteiger partial charge in [-0.25, -0.2) is 0 Å². The average molecular weight is 511 g/mol. The molecule has 0 radical (unpaired) electrons. The minimum atomic E-state index is -0.448. The van der Waals surface area contributed by atoms with Crippen molar-refractivity contribution < 1.29 is 14.3 Å². The van der Waals surface area contributed by atoms with Gasteiger partial charge < -0.3 is 19.2 Å². The first-order valence-electron chi connectivity index (χ1n) is 11.1. The van der Waals surface area contributed by atoms with E-state index in [4.69, 9.17) is 27.9 Å². The maximum atomic E-state index is 13.2. The number of halogens is 2. The Labute approximate surface area is 212 Å². The zero-order chi connectivity index (χ0) is 24.9. The number of carbonyl (C=O) groups is 2. The van der Waals surface area contributed by atoms with E-state index in [1.165, 1.54) is 0 Å². The van der Waals surface area contributed by atoms with Gasteiger partial charge in [0.1, 0.15) is 0 Å². The second-order valence-corrected chi connectivity index (χ2v) is 9.77. The summed E-state index contributed by atoms with van der Waals surface area (Å²) in [4.78, 5) is 31.4. The zero-order valence-electron chi connectivity index (χ0n) is 19.5. The van der Waals surface area contributed by atoms with Crippen LogP contribution in [0, 0.1) is 0 Å². The Balaban J connectivity index is 1.73. The number of benzene rings is 2. The van der Waals surface area contributed by atoms with E-state index in [1.807, 2.05) is 49.1 Å². The lowest BCUT2D eigenvalue weighted by molar-refractivity contribution is -0.122. The summed E-state index contributed by atoms with van der Waals surface area (Å²) < 4.78 is 7.75. The Bertz CT molecular complexity index is 1520. The summed E-state index contributed by atoms with van der Waals surface area (Å²) in [5, 5.41) is 5.11. The van der Waals surface area contributed by atoms with Crippen LogP contribution in [0.2, 0.25) is 10.0 Å².